The van der Waals surface area contributed by atoms with Gasteiger partial charge in [0, 0.05) is 50.3 Å². The number of hydrogen-bond acceptors (Lipinski definition) is 7. The van der Waals surface area contributed by atoms with Gasteiger partial charge in [0.05, 0.1) is 6.20 Å². The van der Waals surface area contributed by atoms with Crippen molar-refractivity contribution in [2.24, 2.45) is 0 Å². The van der Waals surface area contributed by atoms with Crippen molar-refractivity contribution in [1.29, 1.82) is 0 Å². The van der Waals surface area contributed by atoms with E-state index < -0.39 is 10.0 Å². The maximum absolute atomic E-state index is 13.2. The number of aryl methyl sites for hydroxylation is 1. The second-order valence-corrected chi connectivity index (χ2v) is 9.92. The predicted molar refractivity (Wildman–Crippen MR) is 121 cm³/mol. The van der Waals surface area contributed by atoms with Crippen LogP contribution in [0.2, 0.25) is 0 Å². The Morgan fingerprint density at radius 1 is 1.18 bits per heavy atom. The summed E-state index contributed by atoms with van der Waals surface area (Å²) in [6, 6.07) is 9.57. The standard InChI is InChI=1S/C22H28N6O4S/c1-2-27-16-19(15-24-27)33(30,31)28-13-6-9-18(10-12-23-20(29)11-14-28)22-25-21(26-32-22)17-7-4-3-5-8-17/h3-5,7-8,15-16,18H,2,6,9-14H2,1H3,(H,23,29). The summed E-state index contributed by atoms with van der Waals surface area (Å²) < 4.78 is 34.9. The Morgan fingerprint density at radius 3 is 2.76 bits per heavy atom. The molecule has 3 heterocycles. The third kappa shape index (κ3) is 5.48. The highest BCUT2D eigenvalue weighted by atomic mass is 32.2. The summed E-state index contributed by atoms with van der Waals surface area (Å²) in [6.07, 6.45) is 4.88. The molecule has 1 amide bonds. The van der Waals surface area contributed by atoms with Gasteiger partial charge in [-0.2, -0.15) is 14.4 Å². The molecule has 33 heavy (non-hydrogen) atoms. The molecule has 0 spiro atoms. The molecule has 176 valence electrons. The fourth-order valence-electron chi connectivity index (χ4n) is 3.86. The zero-order valence-corrected chi connectivity index (χ0v) is 19.4. The predicted octanol–water partition coefficient (Wildman–Crippen LogP) is 2.42. The van der Waals surface area contributed by atoms with Crippen molar-refractivity contribution in [3.05, 3.63) is 48.6 Å². The van der Waals surface area contributed by atoms with Gasteiger partial charge in [-0.3, -0.25) is 9.48 Å². The minimum atomic E-state index is -3.75. The van der Waals surface area contributed by atoms with Crippen molar-refractivity contribution < 1.29 is 17.7 Å². The van der Waals surface area contributed by atoms with Gasteiger partial charge in [0.25, 0.3) is 0 Å². The first kappa shape index (κ1) is 23.1. The Labute approximate surface area is 193 Å². The van der Waals surface area contributed by atoms with Gasteiger partial charge in [0.15, 0.2) is 0 Å². The molecule has 1 fully saturated rings. The number of amides is 1. The van der Waals surface area contributed by atoms with Crippen LogP contribution in [0.25, 0.3) is 11.4 Å². The molecule has 1 aliphatic rings. The van der Waals surface area contributed by atoms with Crippen LogP contribution in [0.4, 0.5) is 0 Å². The summed E-state index contributed by atoms with van der Waals surface area (Å²) >= 11 is 0. The van der Waals surface area contributed by atoms with Crippen LogP contribution in [-0.2, 0) is 21.4 Å². The molecule has 1 N–H and O–H groups in total. The van der Waals surface area contributed by atoms with Gasteiger partial charge in [-0.15, -0.1) is 0 Å². The number of carbonyl (C=O) groups excluding carboxylic acids is 1. The van der Waals surface area contributed by atoms with Crippen LogP contribution in [0.1, 0.15) is 44.4 Å². The summed E-state index contributed by atoms with van der Waals surface area (Å²) in [5, 5.41) is 11.1. The lowest BCUT2D eigenvalue weighted by Gasteiger charge is -2.21. The van der Waals surface area contributed by atoms with Crippen LogP contribution < -0.4 is 5.32 Å². The Kier molecular flexibility index (Phi) is 7.19. The van der Waals surface area contributed by atoms with Gasteiger partial charge in [0.1, 0.15) is 4.90 Å². The maximum atomic E-state index is 13.2. The number of hydrogen-bond donors (Lipinski definition) is 1. The normalized spacial score (nSPS) is 19.1. The lowest BCUT2D eigenvalue weighted by Crippen LogP contribution is -2.35. The Balaban J connectivity index is 1.51. The highest BCUT2D eigenvalue weighted by molar-refractivity contribution is 7.89. The first-order chi connectivity index (χ1) is 16.0. The lowest BCUT2D eigenvalue weighted by atomic mass is 9.99. The molecule has 2 aromatic heterocycles. The lowest BCUT2D eigenvalue weighted by molar-refractivity contribution is -0.121. The third-order valence-electron chi connectivity index (χ3n) is 5.76. The van der Waals surface area contributed by atoms with Crippen molar-refractivity contribution in [1.82, 2.24) is 29.5 Å². The zero-order valence-electron chi connectivity index (χ0n) is 18.6. The van der Waals surface area contributed by atoms with Gasteiger partial charge in [-0.25, -0.2) is 8.42 Å². The van der Waals surface area contributed by atoms with E-state index in [1.165, 1.54) is 16.7 Å². The fraction of sp³-hybridized carbons (Fsp3) is 0.455. The monoisotopic (exact) mass is 472 g/mol. The minimum absolute atomic E-state index is 0.0826. The minimum Gasteiger partial charge on any atom is -0.356 e. The van der Waals surface area contributed by atoms with Crippen LogP contribution in [0.5, 0.6) is 0 Å². The van der Waals surface area contributed by atoms with E-state index in [2.05, 4.69) is 20.6 Å². The summed E-state index contributed by atoms with van der Waals surface area (Å²) in [5.41, 5.74) is 0.863. The maximum Gasteiger partial charge on any atom is 0.246 e. The quantitative estimate of drug-likeness (QED) is 0.605. The van der Waals surface area contributed by atoms with Crippen molar-refractivity contribution in [3.63, 3.8) is 0 Å². The number of nitrogens with one attached hydrogen (secondary N) is 1. The number of rotatable bonds is 5. The summed E-state index contributed by atoms with van der Waals surface area (Å²) in [5.74, 6) is 0.749. The summed E-state index contributed by atoms with van der Waals surface area (Å²) in [6.45, 7) is 3.34. The molecule has 1 aromatic carbocycles. The number of carbonyl (C=O) groups is 1. The van der Waals surface area contributed by atoms with Gasteiger partial charge < -0.3 is 9.84 Å². The van der Waals surface area contributed by atoms with Crippen LogP contribution >= 0.6 is 0 Å². The van der Waals surface area contributed by atoms with E-state index in [9.17, 15) is 13.2 Å². The summed E-state index contributed by atoms with van der Waals surface area (Å²) in [7, 11) is -3.75. The molecule has 1 unspecified atom stereocenters. The van der Waals surface area contributed by atoms with Crippen LogP contribution in [-0.4, -0.2) is 58.2 Å². The molecule has 1 atom stereocenters. The zero-order chi connectivity index (χ0) is 23.3. The molecular formula is C22H28N6O4S. The molecule has 0 radical (unpaired) electrons. The van der Waals surface area contributed by atoms with E-state index in [1.54, 1.807) is 4.68 Å². The molecule has 0 aliphatic carbocycles. The Hall–Kier alpha value is -3.05. The van der Waals surface area contributed by atoms with Crippen LogP contribution in [0.3, 0.4) is 0 Å². The smallest absolute Gasteiger partial charge is 0.246 e. The second kappa shape index (κ2) is 10.3. The molecule has 1 aliphatic heterocycles. The van der Waals surface area contributed by atoms with Crippen molar-refractivity contribution in [3.8, 4) is 11.4 Å². The van der Waals surface area contributed by atoms with E-state index in [0.717, 1.165) is 5.56 Å². The molecule has 3 aromatic rings. The van der Waals surface area contributed by atoms with Gasteiger partial charge >= 0.3 is 0 Å². The molecule has 0 bridgehead atoms. The Bertz CT molecular complexity index is 1170. The first-order valence-electron chi connectivity index (χ1n) is 11.2. The molecule has 4 rings (SSSR count). The second-order valence-electron chi connectivity index (χ2n) is 7.99. The highest BCUT2D eigenvalue weighted by Crippen LogP contribution is 2.27. The van der Waals surface area contributed by atoms with E-state index in [4.69, 9.17) is 4.52 Å². The molecule has 1 saturated heterocycles. The van der Waals surface area contributed by atoms with Crippen molar-refractivity contribution in [2.75, 3.05) is 19.6 Å². The molecule has 0 saturated carbocycles. The van der Waals surface area contributed by atoms with Crippen LogP contribution in [0.15, 0.2) is 52.1 Å². The molecule has 10 nitrogen and oxygen atoms in total. The average molecular weight is 473 g/mol. The number of benzene rings is 1. The van der Waals surface area contributed by atoms with Gasteiger partial charge in [-0.05, 0) is 26.2 Å². The fourth-order valence-corrected chi connectivity index (χ4v) is 5.30. The number of aromatic nitrogens is 4. The van der Waals surface area contributed by atoms with Crippen molar-refractivity contribution >= 4 is 15.9 Å². The van der Waals surface area contributed by atoms with E-state index in [1.807, 2.05) is 37.3 Å². The van der Waals surface area contributed by atoms with Gasteiger partial charge in [-0.1, -0.05) is 35.5 Å². The number of sulfonamides is 1. The average Bonchev–Trinajstić information content (AvgIpc) is 3.50. The molecular weight excluding hydrogens is 444 g/mol. The largest absolute Gasteiger partial charge is 0.356 e. The van der Waals surface area contributed by atoms with Crippen LogP contribution in [0, 0.1) is 0 Å². The SMILES string of the molecule is CCn1cc(S(=O)(=O)N2CCCC(c3nc(-c4ccccc4)no3)CCNC(=O)CC2)cn1. The number of nitrogens with zero attached hydrogens (tertiary/aromatic N) is 5. The third-order valence-corrected chi connectivity index (χ3v) is 7.61. The van der Waals surface area contributed by atoms with E-state index >= 15 is 0 Å². The van der Waals surface area contributed by atoms with Crippen molar-refractivity contribution in [2.45, 2.75) is 50.0 Å². The van der Waals surface area contributed by atoms with E-state index in [0.29, 0.717) is 50.6 Å². The summed E-state index contributed by atoms with van der Waals surface area (Å²) in [4.78, 5) is 17.0. The topological polar surface area (TPSA) is 123 Å². The highest BCUT2D eigenvalue weighted by Gasteiger charge is 2.28. The molecule has 11 heteroatoms. The Morgan fingerprint density at radius 2 is 2.00 bits per heavy atom. The van der Waals surface area contributed by atoms with Gasteiger partial charge in [0.2, 0.25) is 27.6 Å². The van der Waals surface area contributed by atoms with E-state index in [-0.39, 0.29) is 29.7 Å². The first-order valence-corrected chi connectivity index (χ1v) is 12.6.